The largest absolute Gasteiger partial charge is 0.469 e. The molecular formula is C25H30N6O2. The Morgan fingerprint density at radius 2 is 1.97 bits per heavy atom. The minimum absolute atomic E-state index is 0.0178. The number of aromatic nitrogens is 3. The van der Waals surface area contributed by atoms with E-state index in [-0.39, 0.29) is 6.10 Å². The predicted octanol–water partition coefficient (Wildman–Crippen LogP) is 3.34. The number of furan rings is 1. The average Bonchev–Trinajstić information content (AvgIpc) is 3.60. The van der Waals surface area contributed by atoms with E-state index in [0.29, 0.717) is 6.42 Å². The maximum absolute atomic E-state index is 6.21. The van der Waals surface area contributed by atoms with Crippen molar-refractivity contribution in [1.82, 2.24) is 30.5 Å². The van der Waals surface area contributed by atoms with Gasteiger partial charge in [0.2, 0.25) is 0 Å². The predicted molar refractivity (Wildman–Crippen MR) is 122 cm³/mol. The number of aromatic amines is 1. The Hall–Kier alpha value is -3.10. The SMILES string of the molecule is c1ccc(C2(C3CCO3)NC(Cc3ccco3)=C(CCc3ccn[nH]3)N2N2CCCC2)nc1. The number of hydrazine groups is 1. The first-order valence-electron chi connectivity index (χ1n) is 11.9. The molecule has 0 amide bonds. The summed E-state index contributed by atoms with van der Waals surface area (Å²) in [6.07, 6.45) is 11.3. The normalized spacial score (nSPS) is 25.5. The fraction of sp³-hybridized carbons (Fsp3) is 0.440. The summed E-state index contributed by atoms with van der Waals surface area (Å²) >= 11 is 0. The number of aryl methyl sites for hydroxylation is 1. The highest BCUT2D eigenvalue weighted by Crippen LogP contribution is 2.46. The first kappa shape index (κ1) is 20.5. The number of hydrogen-bond acceptors (Lipinski definition) is 7. The summed E-state index contributed by atoms with van der Waals surface area (Å²) in [5.41, 5.74) is 4.03. The smallest absolute Gasteiger partial charge is 0.194 e. The van der Waals surface area contributed by atoms with Gasteiger partial charge in [-0.05, 0) is 56.0 Å². The summed E-state index contributed by atoms with van der Waals surface area (Å²) in [6.45, 7) is 2.85. The first-order valence-corrected chi connectivity index (χ1v) is 11.9. The number of pyridine rings is 1. The molecule has 3 aromatic heterocycles. The van der Waals surface area contributed by atoms with Crippen molar-refractivity contribution in [2.45, 2.75) is 50.3 Å². The van der Waals surface area contributed by atoms with Crippen molar-refractivity contribution in [2.75, 3.05) is 19.7 Å². The van der Waals surface area contributed by atoms with E-state index in [1.807, 2.05) is 30.6 Å². The average molecular weight is 447 g/mol. The molecule has 3 aromatic rings. The van der Waals surface area contributed by atoms with Gasteiger partial charge in [-0.3, -0.25) is 15.1 Å². The summed E-state index contributed by atoms with van der Waals surface area (Å²) in [5.74, 6) is 0.948. The Bertz CT molecular complexity index is 1070. The van der Waals surface area contributed by atoms with Crippen LogP contribution >= 0.6 is 0 Å². The van der Waals surface area contributed by atoms with E-state index >= 15 is 0 Å². The molecular weight excluding hydrogens is 416 g/mol. The van der Waals surface area contributed by atoms with E-state index < -0.39 is 5.66 Å². The maximum Gasteiger partial charge on any atom is 0.194 e. The van der Waals surface area contributed by atoms with Gasteiger partial charge in [0.05, 0.1) is 17.7 Å². The molecule has 8 nitrogen and oxygen atoms in total. The lowest BCUT2D eigenvalue weighted by Gasteiger charge is -2.51. The van der Waals surface area contributed by atoms with E-state index in [9.17, 15) is 0 Å². The molecule has 6 rings (SSSR count). The molecule has 2 saturated heterocycles. The van der Waals surface area contributed by atoms with Crippen LogP contribution in [0.4, 0.5) is 0 Å². The Morgan fingerprint density at radius 3 is 2.64 bits per heavy atom. The highest BCUT2D eigenvalue weighted by Gasteiger charge is 2.57. The van der Waals surface area contributed by atoms with Crippen molar-refractivity contribution >= 4 is 0 Å². The van der Waals surface area contributed by atoms with Crippen molar-refractivity contribution in [3.05, 3.63) is 83.6 Å². The fourth-order valence-corrected chi connectivity index (χ4v) is 5.37. The number of rotatable bonds is 8. The third kappa shape index (κ3) is 3.63. The zero-order valence-electron chi connectivity index (χ0n) is 18.7. The van der Waals surface area contributed by atoms with Crippen molar-refractivity contribution in [3.8, 4) is 0 Å². The third-order valence-corrected chi connectivity index (χ3v) is 6.99. The Labute approximate surface area is 193 Å². The van der Waals surface area contributed by atoms with Crippen molar-refractivity contribution in [2.24, 2.45) is 0 Å². The maximum atomic E-state index is 6.21. The van der Waals surface area contributed by atoms with Gasteiger partial charge >= 0.3 is 0 Å². The second-order valence-corrected chi connectivity index (χ2v) is 8.99. The molecule has 2 unspecified atom stereocenters. The Balaban J connectivity index is 1.46. The van der Waals surface area contributed by atoms with Crippen LogP contribution in [-0.2, 0) is 23.2 Å². The van der Waals surface area contributed by atoms with Gasteiger partial charge in [-0.15, -0.1) is 0 Å². The van der Waals surface area contributed by atoms with Crippen LogP contribution in [0.1, 0.15) is 42.8 Å². The Morgan fingerprint density at radius 1 is 1.06 bits per heavy atom. The number of H-pyrrole nitrogens is 1. The van der Waals surface area contributed by atoms with Crippen LogP contribution in [0.15, 0.2) is 70.9 Å². The van der Waals surface area contributed by atoms with Crippen LogP contribution in [0.25, 0.3) is 0 Å². The molecule has 0 bridgehead atoms. The van der Waals surface area contributed by atoms with Crippen LogP contribution in [0.3, 0.4) is 0 Å². The molecule has 3 aliphatic heterocycles. The molecule has 0 radical (unpaired) electrons. The second-order valence-electron chi connectivity index (χ2n) is 8.99. The molecule has 33 heavy (non-hydrogen) atoms. The summed E-state index contributed by atoms with van der Waals surface area (Å²) in [5, 5.41) is 16.2. The monoisotopic (exact) mass is 446 g/mol. The number of ether oxygens (including phenoxy) is 1. The van der Waals surface area contributed by atoms with Crippen molar-refractivity contribution in [1.29, 1.82) is 0 Å². The molecule has 0 spiro atoms. The first-order chi connectivity index (χ1) is 16.3. The number of hydrogen-bond donors (Lipinski definition) is 2. The van der Waals surface area contributed by atoms with Gasteiger partial charge in [0.25, 0.3) is 0 Å². The molecule has 6 heterocycles. The molecule has 8 heteroatoms. The summed E-state index contributed by atoms with van der Waals surface area (Å²) in [7, 11) is 0. The number of allylic oxidation sites excluding steroid dienone is 2. The van der Waals surface area contributed by atoms with E-state index in [1.54, 1.807) is 6.26 Å². The van der Waals surface area contributed by atoms with E-state index in [2.05, 4.69) is 43.7 Å². The second kappa shape index (κ2) is 8.68. The molecule has 0 aromatic carbocycles. The quantitative estimate of drug-likeness (QED) is 0.549. The molecule has 2 fully saturated rings. The van der Waals surface area contributed by atoms with Gasteiger partial charge in [0.1, 0.15) is 11.9 Å². The highest BCUT2D eigenvalue weighted by atomic mass is 16.5. The molecule has 0 aliphatic carbocycles. The van der Waals surface area contributed by atoms with E-state index in [0.717, 1.165) is 56.1 Å². The van der Waals surface area contributed by atoms with Crippen LogP contribution < -0.4 is 5.32 Å². The van der Waals surface area contributed by atoms with Crippen molar-refractivity contribution < 1.29 is 9.15 Å². The summed E-state index contributed by atoms with van der Waals surface area (Å²) in [4.78, 5) is 4.86. The molecule has 3 aliphatic rings. The van der Waals surface area contributed by atoms with Gasteiger partial charge in [-0.2, -0.15) is 5.10 Å². The lowest BCUT2D eigenvalue weighted by Crippen LogP contribution is -2.65. The van der Waals surface area contributed by atoms with Gasteiger partial charge in [0, 0.05) is 56.3 Å². The molecule has 0 saturated carbocycles. The highest BCUT2D eigenvalue weighted by molar-refractivity contribution is 5.34. The standard InChI is InChI=1S/C25H30N6O2/c1-2-12-26-23(7-1)25(24-11-17-33-24)28-21(18-20-6-5-16-32-20)22(9-8-19-10-13-27-29-19)31(25)30-14-3-4-15-30/h1-2,5-7,10,12-13,16,24,28H,3-4,8-9,11,14-15,17-18H2,(H,27,29). The molecule has 2 atom stereocenters. The van der Waals surface area contributed by atoms with Crippen LogP contribution in [0.2, 0.25) is 0 Å². The minimum Gasteiger partial charge on any atom is -0.469 e. The zero-order valence-corrected chi connectivity index (χ0v) is 18.7. The molecule has 172 valence electrons. The lowest BCUT2D eigenvalue weighted by molar-refractivity contribution is -0.193. The van der Waals surface area contributed by atoms with Crippen LogP contribution in [-0.4, -0.2) is 51.0 Å². The number of nitrogens with one attached hydrogen (secondary N) is 2. The minimum atomic E-state index is -0.560. The Kier molecular flexibility index (Phi) is 5.39. The molecule has 2 N–H and O–H groups in total. The van der Waals surface area contributed by atoms with Gasteiger partial charge in [-0.25, -0.2) is 5.01 Å². The topological polar surface area (TPSA) is 82.4 Å². The zero-order chi connectivity index (χ0) is 22.1. The summed E-state index contributed by atoms with van der Waals surface area (Å²) < 4.78 is 12.0. The van der Waals surface area contributed by atoms with Gasteiger partial charge in [0.15, 0.2) is 5.66 Å². The third-order valence-electron chi connectivity index (χ3n) is 6.99. The van der Waals surface area contributed by atoms with Crippen molar-refractivity contribution in [3.63, 3.8) is 0 Å². The summed E-state index contributed by atoms with van der Waals surface area (Å²) in [6, 6.07) is 12.2. The lowest BCUT2D eigenvalue weighted by atomic mass is 9.92. The van der Waals surface area contributed by atoms with Gasteiger partial charge in [-0.1, -0.05) is 6.07 Å². The van der Waals surface area contributed by atoms with E-state index in [1.165, 1.54) is 24.2 Å². The van der Waals surface area contributed by atoms with Gasteiger partial charge < -0.3 is 14.5 Å². The number of nitrogens with zero attached hydrogens (tertiary/aromatic N) is 4. The van der Waals surface area contributed by atoms with Crippen LogP contribution in [0, 0.1) is 0 Å². The van der Waals surface area contributed by atoms with Crippen LogP contribution in [0.5, 0.6) is 0 Å². The van der Waals surface area contributed by atoms with E-state index in [4.69, 9.17) is 14.1 Å². The fourth-order valence-electron chi connectivity index (χ4n) is 5.37.